The van der Waals surface area contributed by atoms with Crippen molar-refractivity contribution in [3.05, 3.63) is 23.8 Å². The molecule has 3 nitrogen and oxygen atoms in total. The van der Waals surface area contributed by atoms with Crippen LogP contribution in [0.4, 0.5) is 0 Å². The molecule has 0 aliphatic heterocycles. The lowest BCUT2D eigenvalue weighted by atomic mass is 10.2. The summed E-state index contributed by atoms with van der Waals surface area (Å²) in [4.78, 5) is 12.6. The third-order valence-electron chi connectivity index (χ3n) is 1.98. The number of carbonyl (C=O) groups excluding carboxylic acids is 1. The number of benzene rings is 1. The molecule has 0 heterocycles. The number of hydrogen-bond donors (Lipinski definition) is 0. The zero-order valence-electron chi connectivity index (χ0n) is 9.78. The van der Waals surface area contributed by atoms with Gasteiger partial charge in [0.15, 0.2) is 0 Å². The molecule has 1 rings (SSSR count). The van der Waals surface area contributed by atoms with Gasteiger partial charge >= 0.3 is 5.97 Å². The van der Waals surface area contributed by atoms with Gasteiger partial charge in [-0.05, 0) is 24.8 Å². The molecule has 0 bridgehead atoms. The van der Waals surface area contributed by atoms with E-state index < -0.39 is 0 Å². The number of carbonyl (C=O) groups is 1. The van der Waals surface area contributed by atoms with Crippen LogP contribution in [-0.4, -0.2) is 25.4 Å². The Bertz CT molecular complexity index is 363. The molecular weight excluding hydrogens is 224 g/mol. The standard InChI is InChI=1S/C12H16O3S/c1-4-15-12(13)9-7-6-8-10(16-5-2)11(9)14-3/h6-8H,4-5H2,1-3H3. The predicted octanol–water partition coefficient (Wildman–Crippen LogP) is 2.98. The van der Waals surface area contributed by atoms with Gasteiger partial charge < -0.3 is 9.47 Å². The van der Waals surface area contributed by atoms with Crippen molar-refractivity contribution < 1.29 is 14.3 Å². The molecule has 1 aromatic rings. The molecule has 0 fully saturated rings. The zero-order chi connectivity index (χ0) is 12.0. The number of methoxy groups -OCH3 is 1. The second-order valence-electron chi connectivity index (χ2n) is 2.99. The molecule has 0 spiro atoms. The van der Waals surface area contributed by atoms with E-state index >= 15 is 0 Å². The van der Waals surface area contributed by atoms with Crippen LogP contribution in [0.1, 0.15) is 24.2 Å². The fourth-order valence-electron chi connectivity index (χ4n) is 1.37. The van der Waals surface area contributed by atoms with Gasteiger partial charge in [-0.15, -0.1) is 11.8 Å². The summed E-state index contributed by atoms with van der Waals surface area (Å²) in [6.07, 6.45) is 0. The van der Waals surface area contributed by atoms with Crippen LogP contribution in [0.15, 0.2) is 23.1 Å². The van der Waals surface area contributed by atoms with E-state index in [0.29, 0.717) is 17.9 Å². The van der Waals surface area contributed by atoms with E-state index in [1.54, 1.807) is 31.9 Å². The molecular formula is C12H16O3S. The molecule has 16 heavy (non-hydrogen) atoms. The lowest BCUT2D eigenvalue weighted by Gasteiger charge is -2.11. The smallest absolute Gasteiger partial charge is 0.341 e. The van der Waals surface area contributed by atoms with Crippen LogP contribution in [-0.2, 0) is 4.74 Å². The van der Waals surface area contributed by atoms with Crippen molar-refractivity contribution in [1.29, 1.82) is 0 Å². The number of ether oxygens (including phenoxy) is 2. The minimum atomic E-state index is -0.335. The number of esters is 1. The Balaban J connectivity index is 3.08. The van der Waals surface area contributed by atoms with Gasteiger partial charge in [-0.1, -0.05) is 13.0 Å². The first kappa shape index (κ1) is 12.9. The molecule has 0 aliphatic carbocycles. The van der Waals surface area contributed by atoms with Crippen molar-refractivity contribution in [3.63, 3.8) is 0 Å². The van der Waals surface area contributed by atoms with Crippen LogP contribution in [0.25, 0.3) is 0 Å². The number of rotatable bonds is 5. The van der Waals surface area contributed by atoms with Crippen LogP contribution in [0, 0.1) is 0 Å². The Kier molecular flexibility index (Phi) is 5.19. The molecule has 0 radical (unpaired) electrons. The summed E-state index contributed by atoms with van der Waals surface area (Å²) >= 11 is 1.64. The summed E-state index contributed by atoms with van der Waals surface area (Å²) < 4.78 is 10.3. The fraction of sp³-hybridized carbons (Fsp3) is 0.417. The molecule has 0 unspecified atom stereocenters. The quantitative estimate of drug-likeness (QED) is 0.585. The van der Waals surface area contributed by atoms with Gasteiger partial charge in [0, 0.05) is 0 Å². The summed E-state index contributed by atoms with van der Waals surface area (Å²) in [6, 6.07) is 5.50. The Hall–Kier alpha value is -1.16. The topological polar surface area (TPSA) is 35.5 Å². The highest BCUT2D eigenvalue weighted by atomic mass is 32.2. The molecule has 0 aliphatic rings. The molecule has 0 aromatic heterocycles. The van der Waals surface area contributed by atoms with Crippen LogP contribution >= 0.6 is 11.8 Å². The van der Waals surface area contributed by atoms with Gasteiger partial charge in [0.1, 0.15) is 11.3 Å². The van der Waals surface area contributed by atoms with Crippen molar-refractivity contribution in [2.24, 2.45) is 0 Å². The summed E-state index contributed by atoms with van der Waals surface area (Å²) in [5.74, 6) is 1.20. The van der Waals surface area contributed by atoms with Crippen molar-refractivity contribution in [2.45, 2.75) is 18.7 Å². The van der Waals surface area contributed by atoms with Crippen LogP contribution in [0.5, 0.6) is 5.75 Å². The molecule has 0 atom stereocenters. The van der Waals surface area contributed by atoms with Crippen molar-refractivity contribution >= 4 is 17.7 Å². The maximum atomic E-state index is 11.7. The van der Waals surface area contributed by atoms with Crippen molar-refractivity contribution in [2.75, 3.05) is 19.5 Å². The fourth-order valence-corrected chi connectivity index (χ4v) is 2.18. The average molecular weight is 240 g/mol. The summed E-state index contributed by atoms with van der Waals surface area (Å²) in [5.41, 5.74) is 0.489. The number of para-hydroxylation sites is 1. The van der Waals surface area contributed by atoms with Gasteiger partial charge in [-0.2, -0.15) is 0 Å². The lowest BCUT2D eigenvalue weighted by Crippen LogP contribution is -2.07. The van der Waals surface area contributed by atoms with E-state index in [0.717, 1.165) is 10.6 Å². The van der Waals surface area contributed by atoms with E-state index in [9.17, 15) is 4.79 Å². The Morgan fingerprint density at radius 3 is 2.69 bits per heavy atom. The Morgan fingerprint density at radius 2 is 2.12 bits per heavy atom. The van der Waals surface area contributed by atoms with E-state index in [-0.39, 0.29) is 5.97 Å². The van der Waals surface area contributed by atoms with Crippen LogP contribution < -0.4 is 4.74 Å². The predicted molar refractivity (Wildman–Crippen MR) is 65.3 cm³/mol. The highest BCUT2D eigenvalue weighted by Gasteiger charge is 2.16. The zero-order valence-corrected chi connectivity index (χ0v) is 10.6. The van der Waals surface area contributed by atoms with Gasteiger partial charge in [0.05, 0.1) is 18.6 Å². The van der Waals surface area contributed by atoms with Crippen molar-refractivity contribution in [1.82, 2.24) is 0 Å². The van der Waals surface area contributed by atoms with Crippen LogP contribution in [0.3, 0.4) is 0 Å². The highest BCUT2D eigenvalue weighted by molar-refractivity contribution is 7.99. The lowest BCUT2D eigenvalue weighted by molar-refractivity contribution is 0.0522. The molecule has 4 heteroatoms. The summed E-state index contributed by atoms with van der Waals surface area (Å²) in [7, 11) is 1.57. The molecule has 1 aromatic carbocycles. The highest BCUT2D eigenvalue weighted by Crippen LogP contribution is 2.32. The van der Waals surface area contributed by atoms with Gasteiger partial charge in [0.2, 0.25) is 0 Å². The molecule has 0 N–H and O–H groups in total. The first-order valence-corrected chi connectivity index (χ1v) is 6.20. The Morgan fingerprint density at radius 1 is 1.38 bits per heavy atom. The summed E-state index contributed by atoms with van der Waals surface area (Å²) in [5, 5.41) is 0. The molecule has 88 valence electrons. The van der Waals surface area contributed by atoms with E-state index in [2.05, 4.69) is 6.92 Å². The van der Waals surface area contributed by atoms with Gasteiger partial charge in [-0.25, -0.2) is 4.79 Å². The summed E-state index contributed by atoms with van der Waals surface area (Å²) in [6.45, 7) is 4.21. The molecule has 0 saturated heterocycles. The first-order chi connectivity index (χ1) is 7.74. The number of thioether (sulfide) groups is 1. The minimum Gasteiger partial charge on any atom is -0.495 e. The van der Waals surface area contributed by atoms with E-state index in [4.69, 9.17) is 9.47 Å². The van der Waals surface area contributed by atoms with Crippen LogP contribution in [0.2, 0.25) is 0 Å². The van der Waals surface area contributed by atoms with E-state index in [1.807, 2.05) is 12.1 Å². The maximum Gasteiger partial charge on any atom is 0.341 e. The van der Waals surface area contributed by atoms with Gasteiger partial charge in [-0.3, -0.25) is 0 Å². The second-order valence-corrected chi connectivity index (χ2v) is 4.30. The van der Waals surface area contributed by atoms with Gasteiger partial charge in [0.25, 0.3) is 0 Å². The monoisotopic (exact) mass is 240 g/mol. The third-order valence-corrected chi connectivity index (χ3v) is 2.90. The normalized spacial score (nSPS) is 9.94. The molecule has 0 saturated carbocycles. The van der Waals surface area contributed by atoms with E-state index in [1.165, 1.54) is 0 Å². The first-order valence-electron chi connectivity index (χ1n) is 5.21. The average Bonchev–Trinajstić information content (AvgIpc) is 2.29. The third kappa shape index (κ3) is 2.92. The minimum absolute atomic E-state index is 0.335. The second kappa shape index (κ2) is 6.43. The number of hydrogen-bond acceptors (Lipinski definition) is 4. The van der Waals surface area contributed by atoms with Crippen molar-refractivity contribution in [3.8, 4) is 5.75 Å². The molecule has 0 amide bonds. The Labute approximate surface area is 100 Å². The maximum absolute atomic E-state index is 11.7. The SMILES string of the molecule is CCOC(=O)c1cccc(SCC)c1OC. The largest absolute Gasteiger partial charge is 0.495 e.